The molecule has 23 heavy (non-hydrogen) atoms. The maximum atomic E-state index is 13.0. The van der Waals surface area contributed by atoms with Gasteiger partial charge in [-0.05, 0) is 42.5 Å². The lowest BCUT2D eigenvalue weighted by molar-refractivity contribution is 0.628. The van der Waals surface area contributed by atoms with Gasteiger partial charge in [0, 0.05) is 17.3 Å². The Morgan fingerprint density at radius 1 is 1.04 bits per heavy atom. The molecule has 3 rings (SSSR count). The molecule has 0 atom stereocenters. The van der Waals surface area contributed by atoms with Crippen LogP contribution in [0, 0.1) is 17.1 Å². The number of rotatable bonds is 3. The molecule has 0 aliphatic rings. The van der Waals surface area contributed by atoms with Gasteiger partial charge in [-0.2, -0.15) is 5.26 Å². The molecule has 3 aromatic rings. The number of aromatic nitrogens is 2. The highest BCUT2D eigenvalue weighted by Gasteiger charge is 2.07. The Kier molecular flexibility index (Phi) is 4.18. The minimum atomic E-state index is -0.331. The van der Waals surface area contributed by atoms with Gasteiger partial charge in [-0.25, -0.2) is 14.4 Å². The molecule has 0 saturated carbocycles. The summed E-state index contributed by atoms with van der Waals surface area (Å²) in [6.07, 6.45) is 0. The Balaban J connectivity index is 1.94. The van der Waals surface area contributed by atoms with Crippen molar-refractivity contribution < 1.29 is 4.39 Å². The van der Waals surface area contributed by atoms with Crippen molar-refractivity contribution in [1.82, 2.24) is 9.97 Å². The minimum Gasteiger partial charge on any atom is -0.340 e. The maximum Gasteiger partial charge on any atom is 0.163 e. The Bertz CT molecular complexity index is 888. The number of hydrogen-bond acceptors (Lipinski definition) is 4. The van der Waals surface area contributed by atoms with Crippen molar-refractivity contribution in [3.63, 3.8) is 0 Å². The first-order chi connectivity index (χ1) is 11.1. The third-order valence-corrected chi connectivity index (χ3v) is 3.26. The molecule has 0 unspecified atom stereocenters. The molecule has 0 fully saturated rings. The van der Waals surface area contributed by atoms with E-state index in [1.807, 2.05) is 6.07 Å². The van der Waals surface area contributed by atoms with E-state index in [4.69, 9.17) is 16.9 Å². The second kappa shape index (κ2) is 6.42. The first kappa shape index (κ1) is 14.9. The van der Waals surface area contributed by atoms with Crippen molar-refractivity contribution in [2.24, 2.45) is 0 Å². The lowest BCUT2D eigenvalue weighted by atomic mass is 10.2. The van der Waals surface area contributed by atoms with Crippen molar-refractivity contribution in [1.29, 1.82) is 5.26 Å². The number of nitrogens with one attached hydrogen (secondary N) is 1. The van der Waals surface area contributed by atoms with Crippen LogP contribution in [-0.4, -0.2) is 9.97 Å². The molecule has 112 valence electrons. The normalized spacial score (nSPS) is 10.1. The smallest absolute Gasteiger partial charge is 0.163 e. The fourth-order valence-corrected chi connectivity index (χ4v) is 2.21. The van der Waals surface area contributed by atoms with Gasteiger partial charge in [-0.1, -0.05) is 17.7 Å². The number of halogens is 2. The second-order valence-corrected chi connectivity index (χ2v) is 5.11. The molecule has 1 heterocycles. The second-order valence-electron chi connectivity index (χ2n) is 4.72. The first-order valence-corrected chi connectivity index (χ1v) is 7.09. The van der Waals surface area contributed by atoms with Crippen LogP contribution < -0.4 is 5.32 Å². The monoisotopic (exact) mass is 324 g/mol. The van der Waals surface area contributed by atoms with Crippen molar-refractivity contribution in [2.75, 3.05) is 5.32 Å². The molecule has 0 amide bonds. The Labute approximate surface area is 137 Å². The summed E-state index contributed by atoms with van der Waals surface area (Å²) in [5.74, 6) is 0.540. The minimum absolute atomic E-state index is 0.262. The van der Waals surface area contributed by atoms with Gasteiger partial charge in [0.1, 0.15) is 16.8 Å². The van der Waals surface area contributed by atoms with E-state index in [1.165, 1.54) is 12.1 Å². The average Bonchev–Trinajstić information content (AvgIpc) is 2.55. The Morgan fingerprint density at radius 2 is 1.83 bits per heavy atom. The van der Waals surface area contributed by atoms with Crippen LogP contribution >= 0.6 is 11.6 Å². The van der Waals surface area contributed by atoms with Crippen LogP contribution in [-0.2, 0) is 0 Å². The maximum absolute atomic E-state index is 13.0. The molecule has 2 aromatic carbocycles. The number of nitrogens with zero attached hydrogens (tertiary/aromatic N) is 3. The summed E-state index contributed by atoms with van der Waals surface area (Å²) in [4.78, 5) is 8.52. The molecule has 0 spiro atoms. The summed E-state index contributed by atoms with van der Waals surface area (Å²) in [5.41, 5.74) is 1.90. The summed E-state index contributed by atoms with van der Waals surface area (Å²) in [7, 11) is 0. The predicted molar refractivity (Wildman–Crippen MR) is 86.9 cm³/mol. The van der Waals surface area contributed by atoms with Crippen LogP contribution in [0.3, 0.4) is 0 Å². The lowest BCUT2D eigenvalue weighted by Crippen LogP contribution is -1.98. The molecule has 1 aromatic heterocycles. The molecule has 0 aliphatic carbocycles. The molecule has 6 heteroatoms. The zero-order valence-electron chi connectivity index (χ0n) is 11.8. The van der Waals surface area contributed by atoms with Crippen molar-refractivity contribution in [3.05, 3.63) is 71.1 Å². The highest BCUT2D eigenvalue weighted by atomic mass is 35.5. The summed E-state index contributed by atoms with van der Waals surface area (Å²) < 4.78 is 13.0. The summed E-state index contributed by atoms with van der Waals surface area (Å²) in [5, 5.41) is 12.3. The van der Waals surface area contributed by atoms with Crippen LogP contribution in [0.5, 0.6) is 0 Å². The lowest BCUT2D eigenvalue weighted by Gasteiger charge is -2.08. The highest BCUT2D eigenvalue weighted by Crippen LogP contribution is 2.23. The van der Waals surface area contributed by atoms with Crippen LogP contribution in [0.4, 0.5) is 15.9 Å². The van der Waals surface area contributed by atoms with Gasteiger partial charge in [-0.3, -0.25) is 0 Å². The van der Waals surface area contributed by atoms with E-state index in [2.05, 4.69) is 21.4 Å². The highest BCUT2D eigenvalue weighted by molar-refractivity contribution is 6.29. The number of benzene rings is 2. The number of hydrogen-bond donors (Lipinski definition) is 1. The van der Waals surface area contributed by atoms with Crippen LogP contribution in [0.2, 0.25) is 5.15 Å². The molecule has 4 nitrogen and oxygen atoms in total. The van der Waals surface area contributed by atoms with Crippen LogP contribution in [0.1, 0.15) is 5.56 Å². The van der Waals surface area contributed by atoms with Gasteiger partial charge in [0.15, 0.2) is 5.82 Å². The molecular weight excluding hydrogens is 315 g/mol. The zero-order valence-corrected chi connectivity index (χ0v) is 12.5. The number of anilines is 2. The summed E-state index contributed by atoms with van der Waals surface area (Å²) in [6, 6.07) is 16.5. The third-order valence-electron chi connectivity index (χ3n) is 3.06. The summed E-state index contributed by atoms with van der Waals surface area (Å²) in [6.45, 7) is 0. The van der Waals surface area contributed by atoms with E-state index in [1.54, 1.807) is 36.4 Å². The Hall–Kier alpha value is -2.97. The number of nitriles is 1. The third kappa shape index (κ3) is 3.62. The quantitative estimate of drug-likeness (QED) is 0.718. The van der Waals surface area contributed by atoms with E-state index in [0.29, 0.717) is 28.5 Å². The van der Waals surface area contributed by atoms with Gasteiger partial charge in [-0.15, -0.1) is 0 Å². The van der Waals surface area contributed by atoms with Gasteiger partial charge >= 0.3 is 0 Å². The predicted octanol–water partition coefficient (Wildman–Crippen LogP) is 4.55. The molecular formula is C17H10ClFN4. The zero-order chi connectivity index (χ0) is 16.2. The average molecular weight is 325 g/mol. The van der Waals surface area contributed by atoms with Gasteiger partial charge in [0.05, 0.1) is 11.6 Å². The SMILES string of the molecule is N#Cc1cccc(Nc2cc(Cl)nc(-c3ccc(F)cc3)n2)c1. The van der Waals surface area contributed by atoms with E-state index >= 15 is 0 Å². The standard InChI is InChI=1S/C17H10ClFN4/c18-15-9-16(21-14-3-1-2-11(8-14)10-20)23-17(22-15)12-4-6-13(19)7-5-12/h1-9H,(H,21,22,23). The van der Waals surface area contributed by atoms with Crippen LogP contribution in [0.25, 0.3) is 11.4 Å². The van der Waals surface area contributed by atoms with Crippen molar-refractivity contribution >= 4 is 23.1 Å². The van der Waals surface area contributed by atoms with E-state index < -0.39 is 0 Å². The fourth-order valence-electron chi connectivity index (χ4n) is 2.02. The molecule has 0 bridgehead atoms. The van der Waals surface area contributed by atoms with E-state index in [-0.39, 0.29) is 11.0 Å². The molecule has 1 N–H and O–H groups in total. The van der Waals surface area contributed by atoms with Gasteiger partial charge in [0.2, 0.25) is 0 Å². The first-order valence-electron chi connectivity index (χ1n) is 6.72. The Morgan fingerprint density at radius 3 is 2.57 bits per heavy atom. The largest absolute Gasteiger partial charge is 0.340 e. The van der Waals surface area contributed by atoms with Gasteiger partial charge < -0.3 is 5.32 Å². The van der Waals surface area contributed by atoms with Crippen molar-refractivity contribution in [3.8, 4) is 17.5 Å². The van der Waals surface area contributed by atoms with E-state index in [0.717, 1.165) is 0 Å². The molecule has 0 saturated heterocycles. The molecule has 0 aliphatic heterocycles. The van der Waals surface area contributed by atoms with Crippen LogP contribution in [0.15, 0.2) is 54.6 Å². The fraction of sp³-hybridized carbons (Fsp3) is 0. The molecule has 0 radical (unpaired) electrons. The van der Waals surface area contributed by atoms with E-state index in [9.17, 15) is 4.39 Å². The summed E-state index contributed by atoms with van der Waals surface area (Å²) >= 11 is 6.04. The topological polar surface area (TPSA) is 61.6 Å². The van der Waals surface area contributed by atoms with Gasteiger partial charge in [0.25, 0.3) is 0 Å². The van der Waals surface area contributed by atoms with Crippen molar-refractivity contribution in [2.45, 2.75) is 0 Å².